The molecule has 2 rings (SSSR count). The van der Waals surface area contributed by atoms with Crippen molar-refractivity contribution in [2.24, 2.45) is 0 Å². The SMILES string of the molecule is COc1ccc(OC(=O)C(F)C(O)c2ccccc2)cc1. The number of rotatable bonds is 5. The highest BCUT2D eigenvalue weighted by atomic mass is 19.1. The van der Waals surface area contributed by atoms with Crippen LogP contribution >= 0.6 is 0 Å². The van der Waals surface area contributed by atoms with E-state index in [4.69, 9.17) is 9.47 Å². The third-order valence-electron chi connectivity index (χ3n) is 2.92. The van der Waals surface area contributed by atoms with Gasteiger partial charge in [0.2, 0.25) is 6.17 Å². The standard InChI is InChI=1S/C16H15FO4/c1-20-12-7-9-13(10-8-12)21-16(19)14(17)15(18)11-5-3-2-4-6-11/h2-10,14-15,18H,1H3. The molecule has 1 N–H and O–H groups in total. The van der Waals surface area contributed by atoms with Crippen molar-refractivity contribution in [3.05, 3.63) is 60.2 Å². The summed E-state index contributed by atoms with van der Waals surface area (Å²) >= 11 is 0. The summed E-state index contributed by atoms with van der Waals surface area (Å²) in [6, 6.07) is 14.3. The van der Waals surface area contributed by atoms with E-state index in [2.05, 4.69) is 0 Å². The molecule has 4 nitrogen and oxygen atoms in total. The molecule has 0 saturated heterocycles. The van der Waals surface area contributed by atoms with Gasteiger partial charge in [0.05, 0.1) is 7.11 Å². The van der Waals surface area contributed by atoms with Crippen molar-refractivity contribution in [3.8, 4) is 11.5 Å². The molecule has 2 aromatic rings. The molecular weight excluding hydrogens is 275 g/mol. The van der Waals surface area contributed by atoms with Crippen LogP contribution in [0.1, 0.15) is 11.7 Å². The summed E-state index contributed by atoms with van der Waals surface area (Å²) in [6.07, 6.45) is -3.72. The number of esters is 1. The minimum absolute atomic E-state index is 0.184. The molecule has 2 atom stereocenters. The molecule has 21 heavy (non-hydrogen) atoms. The molecule has 2 aromatic carbocycles. The van der Waals surface area contributed by atoms with Gasteiger partial charge in [0.1, 0.15) is 17.6 Å². The Kier molecular flexibility index (Phi) is 4.90. The van der Waals surface area contributed by atoms with Crippen molar-refractivity contribution in [1.29, 1.82) is 0 Å². The Bertz CT molecular complexity index is 583. The third-order valence-corrected chi connectivity index (χ3v) is 2.92. The van der Waals surface area contributed by atoms with Crippen LogP contribution in [0.5, 0.6) is 11.5 Å². The van der Waals surface area contributed by atoms with E-state index in [0.717, 1.165) is 0 Å². The second kappa shape index (κ2) is 6.85. The highest BCUT2D eigenvalue weighted by Crippen LogP contribution is 2.22. The van der Waals surface area contributed by atoms with Gasteiger partial charge in [-0.05, 0) is 29.8 Å². The van der Waals surface area contributed by atoms with Crippen LogP contribution < -0.4 is 9.47 Å². The number of aliphatic hydroxyl groups is 1. The number of carbonyl (C=O) groups is 1. The van der Waals surface area contributed by atoms with Gasteiger partial charge in [-0.15, -0.1) is 0 Å². The van der Waals surface area contributed by atoms with Gasteiger partial charge in [-0.2, -0.15) is 0 Å². The molecule has 2 unspecified atom stereocenters. The number of halogens is 1. The fourth-order valence-corrected chi connectivity index (χ4v) is 1.76. The van der Waals surface area contributed by atoms with E-state index in [1.165, 1.54) is 31.4 Å². The van der Waals surface area contributed by atoms with Gasteiger partial charge in [-0.1, -0.05) is 30.3 Å². The van der Waals surface area contributed by atoms with Gasteiger partial charge in [0.25, 0.3) is 0 Å². The average molecular weight is 290 g/mol. The lowest BCUT2D eigenvalue weighted by Crippen LogP contribution is -2.28. The number of hydrogen-bond acceptors (Lipinski definition) is 4. The zero-order valence-electron chi connectivity index (χ0n) is 11.4. The number of benzene rings is 2. The number of hydrogen-bond donors (Lipinski definition) is 1. The topological polar surface area (TPSA) is 55.8 Å². The summed E-state index contributed by atoms with van der Waals surface area (Å²) in [5.74, 6) is -0.365. The van der Waals surface area contributed by atoms with Crippen LogP contribution in [0.4, 0.5) is 4.39 Å². The lowest BCUT2D eigenvalue weighted by Gasteiger charge is -2.15. The molecule has 0 saturated carbocycles. The van der Waals surface area contributed by atoms with E-state index in [0.29, 0.717) is 11.3 Å². The van der Waals surface area contributed by atoms with Crippen LogP contribution in [-0.4, -0.2) is 24.4 Å². The van der Waals surface area contributed by atoms with E-state index in [9.17, 15) is 14.3 Å². The van der Waals surface area contributed by atoms with Gasteiger partial charge in [0, 0.05) is 0 Å². The molecule has 0 amide bonds. The summed E-state index contributed by atoms with van der Waals surface area (Å²) in [6.45, 7) is 0. The van der Waals surface area contributed by atoms with Crippen LogP contribution in [0, 0.1) is 0 Å². The summed E-state index contributed by atoms with van der Waals surface area (Å²) in [4.78, 5) is 11.7. The van der Waals surface area contributed by atoms with Crippen LogP contribution in [0.25, 0.3) is 0 Å². The summed E-state index contributed by atoms with van der Waals surface area (Å²) in [7, 11) is 1.51. The Morgan fingerprint density at radius 1 is 1.05 bits per heavy atom. The monoisotopic (exact) mass is 290 g/mol. The minimum Gasteiger partial charge on any atom is -0.497 e. The maximum Gasteiger partial charge on any atom is 0.349 e. The van der Waals surface area contributed by atoms with E-state index in [-0.39, 0.29) is 5.75 Å². The molecule has 110 valence electrons. The smallest absolute Gasteiger partial charge is 0.349 e. The largest absolute Gasteiger partial charge is 0.497 e. The number of aliphatic hydroxyl groups excluding tert-OH is 1. The van der Waals surface area contributed by atoms with E-state index >= 15 is 0 Å². The Balaban J connectivity index is 2.01. The van der Waals surface area contributed by atoms with Gasteiger partial charge in [-0.3, -0.25) is 0 Å². The first-order valence-electron chi connectivity index (χ1n) is 6.34. The van der Waals surface area contributed by atoms with Crippen molar-refractivity contribution in [1.82, 2.24) is 0 Å². The predicted octanol–water partition coefficient (Wildman–Crippen LogP) is 2.67. The number of alkyl halides is 1. The highest BCUT2D eigenvalue weighted by Gasteiger charge is 2.29. The summed E-state index contributed by atoms with van der Waals surface area (Å²) in [5, 5.41) is 9.82. The molecule has 5 heteroatoms. The van der Waals surface area contributed by atoms with Crippen molar-refractivity contribution >= 4 is 5.97 Å². The quantitative estimate of drug-likeness (QED) is 0.679. The number of carbonyl (C=O) groups excluding carboxylic acids is 1. The fraction of sp³-hybridized carbons (Fsp3) is 0.188. The first-order valence-corrected chi connectivity index (χ1v) is 6.34. The van der Waals surface area contributed by atoms with Gasteiger partial charge in [0.15, 0.2) is 0 Å². The normalized spacial score (nSPS) is 13.3. The first-order chi connectivity index (χ1) is 10.1. The van der Waals surface area contributed by atoms with Crippen LogP contribution in [0.3, 0.4) is 0 Å². The molecule has 0 aromatic heterocycles. The van der Waals surface area contributed by atoms with E-state index in [1.54, 1.807) is 30.3 Å². The van der Waals surface area contributed by atoms with Crippen LogP contribution in [0.15, 0.2) is 54.6 Å². The van der Waals surface area contributed by atoms with E-state index in [1.807, 2.05) is 0 Å². The van der Waals surface area contributed by atoms with Crippen molar-refractivity contribution in [2.45, 2.75) is 12.3 Å². The number of methoxy groups -OCH3 is 1. The fourth-order valence-electron chi connectivity index (χ4n) is 1.76. The maximum absolute atomic E-state index is 14.0. The molecule has 0 aliphatic heterocycles. The molecule has 0 fully saturated rings. The third kappa shape index (κ3) is 3.79. The molecular formula is C16H15FO4. The second-order valence-electron chi connectivity index (χ2n) is 4.35. The molecule has 0 bridgehead atoms. The minimum atomic E-state index is -2.16. The lowest BCUT2D eigenvalue weighted by atomic mass is 10.1. The van der Waals surface area contributed by atoms with Crippen LogP contribution in [0.2, 0.25) is 0 Å². The highest BCUT2D eigenvalue weighted by molar-refractivity contribution is 5.78. The zero-order chi connectivity index (χ0) is 15.2. The molecule has 0 aliphatic carbocycles. The summed E-state index contributed by atoms with van der Waals surface area (Å²) < 4.78 is 23.8. The van der Waals surface area contributed by atoms with Gasteiger partial charge >= 0.3 is 5.97 Å². The second-order valence-corrected chi connectivity index (χ2v) is 4.35. The molecule has 0 radical (unpaired) electrons. The Labute approximate surface area is 121 Å². The Hall–Kier alpha value is -2.40. The van der Waals surface area contributed by atoms with Crippen molar-refractivity contribution in [3.63, 3.8) is 0 Å². The lowest BCUT2D eigenvalue weighted by molar-refractivity contribution is -0.144. The Morgan fingerprint density at radius 3 is 2.19 bits per heavy atom. The maximum atomic E-state index is 14.0. The summed E-state index contributed by atoms with van der Waals surface area (Å²) in [5.41, 5.74) is 0.316. The van der Waals surface area contributed by atoms with Crippen molar-refractivity contribution in [2.75, 3.05) is 7.11 Å². The zero-order valence-corrected chi connectivity index (χ0v) is 11.4. The Morgan fingerprint density at radius 2 is 1.62 bits per heavy atom. The van der Waals surface area contributed by atoms with Crippen LogP contribution in [-0.2, 0) is 4.79 Å². The van der Waals surface area contributed by atoms with Gasteiger partial charge in [-0.25, -0.2) is 9.18 Å². The molecule has 0 spiro atoms. The van der Waals surface area contributed by atoms with Gasteiger partial charge < -0.3 is 14.6 Å². The average Bonchev–Trinajstić information content (AvgIpc) is 2.55. The van der Waals surface area contributed by atoms with E-state index < -0.39 is 18.2 Å². The predicted molar refractivity (Wildman–Crippen MR) is 74.9 cm³/mol. The van der Waals surface area contributed by atoms with Crippen molar-refractivity contribution < 1.29 is 23.8 Å². The molecule has 0 aliphatic rings. The number of ether oxygens (including phenoxy) is 2. The molecule has 0 heterocycles. The first kappa shape index (κ1) is 15.0.